The third-order valence-electron chi connectivity index (χ3n) is 2.29. The fraction of sp³-hybridized carbons (Fsp3) is 0.455. The zero-order valence-electron chi connectivity index (χ0n) is 9.27. The predicted octanol–water partition coefficient (Wildman–Crippen LogP) is 1.78. The molecule has 0 saturated carbocycles. The summed E-state index contributed by atoms with van der Waals surface area (Å²) in [6.07, 6.45) is 2.45. The molecule has 0 aromatic carbocycles. The SMILES string of the molecule is CCc1ccc(-c2nc(CCCN)no2)o1. The van der Waals surface area contributed by atoms with Gasteiger partial charge >= 0.3 is 0 Å². The normalized spacial score (nSPS) is 10.9. The zero-order chi connectivity index (χ0) is 11.4. The van der Waals surface area contributed by atoms with Crippen LogP contribution in [0.15, 0.2) is 21.1 Å². The number of rotatable bonds is 5. The Morgan fingerprint density at radius 1 is 1.38 bits per heavy atom. The standard InChI is InChI=1S/C11H15N3O2/c1-2-8-5-6-9(15-8)11-13-10(14-16-11)4-3-7-12/h5-6H,2-4,7,12H2,1H3. The Morgan fingerprint density at radius 2 is 2.25 bits per heavy atom. The van der Waals surface area contributed by atoms with E-state index in [1.807, 2.05) is 19.1 Å². The maximum Gasteiger partial charge on any atom is 0.293 e. The Bertz CT molecular complexity index is 448. The van der Waals surface area contributed by atoms with E-state index in [9.17, 15) is 0 Å². The van der Waals surface area contributed by atoms with Crippen molar-refractivity contribution >= 4 is 0 Å². The van der Waals surface area contributed by atoms with Gasteiger partial charge in [-0.1, -0.05) is 12.1 Å². The van der Waals surface area contributed by atoms with Gasteiger partial charge in [-0.05, 0) is 25.1 Å². The Labute approximate surface area is 93.6 Å². The highest BCUT2D eigenvalue weighted by Gasteiger charge is 2.12. The maximum atomic E-state index is 5.52. The molecule has 16 heavy (non-hydrogen) atoms. The number of nitrogens with zero attached hydrogens (tertiary/aromatic N) is 2. The molecule has 0 amide bonds. The average molecular weight is 221 g/mol. The van der Waals surface area contributed by atoms with Crippen molar-refractivity contribution in [3.05, 3.63) is 23.7 Å². The minimum Gasteiger partial charge on any atom is -0.456 e. The first kappa shape index (κ1) is 10.9. The highest BCUT2D eigenvalue weighted by atomic mass is 16.5. The molecule has 5 heteroatoms. The molecular weight excluding hydrogens is 206 g/mol. The lowest BCUT2D eigenvalue weighted by atomic mass is 10.3. The molecule has 2 aromatic heterocycles. The van der Waals surface area contributed by atoms with Crippen LogP contribution in [0.5, 0.6) is 0 Å². The lowest BCUT2D eigenvalue weighted by molar-refractivity contribution is 0.404. The smallest absolute Gasteiger partial charge is 0.293 e. The van der Waals surface area contributed by atoms with Gasteiger partial charge in [-0.25, -0.2) is 0 Å². The summed E-state index contributed by atoms with van der Waals surface area (Å²) < 4.78 is 10.6. The van der Waals surface area contributed by atoms with Crippen LogP contribution >= 0.6 is 0 Å². The van der Waals surface area contributed by atoms with Gasteiger partial charge in [-0.3, -0.25) is 0 Å². The van der Waals surface area contributed by atoms with E-state index in [2.05, 4.69) is 10.1 Å². The van der Waals surface area contributed by atoms with Crippen molar-refractivity contribution in [2.45, 2.75) is 26.2 Å². The van der Waals surface area contributed by atoms with E-state index in [0.717, 1.165) is 25.0 Å². The van der Waals surface area contributed by atoms with Crippen molar-refractivity contribution in [2.24, 2.45) is 5.73 Å². The van der Waals surface area contributed by atoms with Crippen molar-refractivity contribution in [3.63, 3.8) is 0 Å². The zero-order valence-corrected chi connectivity index (χ0v) is 9.27. The number of hydrogen-bond acceptors (Lipinski definition) is 5. The van der Waals surface area contributed by atoms with Crippen molar-refractivity contribution in [1.29, 1.82) is 0 Å². The quantitative estimate of drug-likeness (QED) is 0.832. The van der Waals surface area contributed by atoms with Crippen molar-refractivity contribution in [1.82, 2.24) is 10.1 Å². The Morgan fingerprint density at radius 3 is 2.94 bits per heavy atom. The second-order valence-electron chi connectivity index (χ2n) is 3.53. The Kier molecular flexibility index (Phi) is 3.36. The Balaban J connectivity index is 2.11. The molecule has 0 bridgehead atoms. The number of furan rings is 1. The number of nitrogens with two attached hydrogens (primary N) is 1. The van der Waals surface area contributed by atoms with Crippen molar-refractivity contribution < 1.29 is 8.94 Å². The third kappa shape index (κ3) is 2.30. The molecular formula is C11H15N3O2. The first-order valence-electron chi connectivity index (χ1n) is 5.45. The van der Waals surface area contributed by atoms with Gasteiger partial charge in [0, 0.05) is 12.8 Å². The fourth-order valence-electron chi connectivity index (χ4n) is 1.40. The summed E-state index contributed by atoms with van der Waals surface area (Å²) in [5.41, 5.74) is 5.41. The van der Waals surface area contributed by atoms with Crippen LogP contribution in [-0.2, 0) is 12.8 Å². The van der Waals surface area contributed by atoms with E-state index in [4.69, 9.17) is 14.7 Å². The van der Waals surface area contributed by atoms with E-state index >= 15 is 0 Å². The van der Waals surface area contributed by atoms with Gasteiger partial charge < -0.3 is 14.7 Å². The first-order valence-corrected chi connectivity index (χ1v) is 5.45. The number of hydrogen-bond donors (Lipinski definition) is 1. The van der Waals surface area contributed by atoms with E-state index < -0.39 is 0 Å². The van der Waals surface area contributed by atoms with Gasteiger partial charge in [0.15, 0.2) is 11.6 Å². The van der Waals surface area contributed by atoms with Crippen LogP contribution in [-0.4, -0.2) is 16.7 Å². The molecule has 0 spiro atoms. The molecule has 0 aliphatic carbocycles. The summed E-state index contributed by atoms with van der Waals surface area (Å²) in [6, 6.07) is 3.76. The molecule has 5 nitrogen and oxygen atoms in total. The minimum atomic E-state index is 0.437. The first-order chi connectivity index (χ1) is 7.83. The average Bonchev–Trinajstić information content (AvgIpc) is 2.94. The van der Waals surface area contributed by atoms with Crippen molar-refractivity contribution in [3.8, 4) is 11.7 Å². The molecule has 86 valence electrons. The molecule has 0 saturated heterocycles. The van der Waals surface area contributed by atoms with Gasteiger partial charge in [0.2, 0.25) is 0 Å². The van der Waals surface area contributed by atoms with Gasteiger partial charge in [0.25, 0.3) is 5.89 Å². The summed E-state index contributed by atoms with van der Waals surface area (Å²) in [5.74, 6) is 2.65. The minimum absolute atomic E-state index is 0.437. The van der Waals surface area contributed by atoms with Crippen LogP contribution in [0, 0.1) is 0 Å². The molecule has 2 rings (SSSR count). The Hall–Kier alpha value is -1.62. The summed E-state index contributed by atoms with van der Waals surface area (Å²) in [6.45, 7) is 2.66. The third-order valence-corrected chi connectivity index (χ3v) is 2.29. The predicted molar refractivity (Wildman–Crippen MR) is 58.8 cm³/mol. The molecule has 2 heterocycles. The summed E-state index contributed by atoms with van der Waals surface area (Å²) in [7, 11) is 0. The summed E-state index contributed by atoms with van der Waals surface area (Å²) >= 11 is 0. The van der Waals surface area contributed by atoms with Crippen LogP contribution < -0.4 is 5.73 Å². The van der Waals surface area contributed by atoms with E-state index in [1.54, 1.807) is 0 Å². The molecule has 0 aliphatic heterocycles. The second kappa shape index (κ2) is 4.94. The summed E-state index contributed by atoms with van der Waals surface area (Å²) in [4.78, 5) is 4.24. The molecule has 2 N–H and O–H groups in total. The molecule has 0 aliphatic rings. The topological polar surface area (TPSA) is 78.1 Å². The number of aromatic nitrogens is 2. The molecule has 0 unspecified atom stereocenters. The van der Waals surface area contributed by atoms with Crippen LogP contribution in [0.1, 0.15) is 24.9 Å². The largest absolute Gasteiger partial charge is 0.456 e. The van der Waals surface area contributed by atoms with E-state index in [-0.39, 0.29) is 0 Å². The monoisotopic (exact) mass is 221 g/mol. The lowest BCUT2D eigenvalue weighted by Crippen LogP contribution is -2.01. The van der Waals surface area contributed by atoms with Gasteiger partial charge in [0.05, 0.1) is 0 Å². The molecule has 0 atom stereocenters. The fourth-order valence-corrected chi connectivity index (χ4v) is 1.40. The molecule has 2 aromatic rings. The molecule has 0 radical (unpaired) electrons. The van der Waals surface area contributed by atoms with Crippen LogP contribution in [0.4, 0.5) is 0 Å². The van der Waals surface area contributed by atoms with Crippen molar-refractivity contribution in [2.75, 3.05) is 6.54 Å². The highest BCUT2D eigenvalue weighted by molar-refractivity contribution is 5.44. The van der Waals surface area contributed by atoms with E-state index in [0.29, 0.717) is 24.0 Å². The lowest BCUT2D eigenvalue weighted by Gasteiger charge is -1.88. The van der Waals surface area contributed by atoms with Crippen LogP contribution in [0.2, 0.25) is 0 Å². The molecule has 0 fully saturated rings. The number of aryl methyl sites for hydroxylation is 2. The van der Waals surface area contributed by atoms with Gasteiger partial charge in [0.1, 0.15) is 5.76 Å². The van der Waals surface area contributed by atoms with E-state index in [1.165, 1.54) is 0 Å². The van der Waals surface area contributed by atoms with Gasteiger partial charge in [-0.15, -0.1) is 0 Å². The second-order valence-corrected chi connectivity index (χ2v) is 3.53. The highest BCUT2D eigenvalue weighted by Crippen LogP contribution is 2.20. The van der Waals surface area contributed by atoms with Crippen LogP contribution in [0.25, 0.3) is 11.7 Å². The summed E-state index contributed by atoms with van der Waals surface area (Å²) in [5, 5.41) is 3.86. The van der Waals surface area contributed by atoms with Gasteiger partial charge in [-0.2, -0.15) is 4.98 Å². The van der Waals surface area contributed by atoms with Crippen LogP contribution in [0.3, 0.4) is 0 Å². The maximum absolute atomic E-state index is 5.52.